The van der Waals surface area contributed by atoms with E-state index in [1.54, 1.807) is 54.9 Å². The Morgan fingerprint density at radius 3 is 2.19 bits per heavy atom. The molecular weight excluding hydrogens is 652 g/mol. The number of amides is 1. The summed E-state index contributed by atoms with van der Waals surface area (Å²) in [6, 6.07) is 32.1. The number of likely N-dealkylation sites (tertiary alicyclic amines) is 1. The molecule has 52 heavy (non-hydrogen) atoms. The summed E-state index contributed by atoms with van der Waals surface area (Å²) < 4.78 is 2.26. The van der Waals surface area contributed by atoms with E-state index in [4.69, 9.17) is 0 Å². The summed E-state index contributed by atoms with van der Waals surface area (Å²) in [6.45, 7) is 4.27. The van der Waals surface area contributed by atoms with Crippen LogP contribution in [-0.4, -0.2) is 54.4 Å². The van der Waals surface area contributed by atoms with Crippen LogP contribution in [0.15, 0.2) is 138 Å². The van der Waals surface area contributed by atoms with Crippen molar-refractivity contribution in [3.05, 3.63) is 156 Å². The Morgan fingerprint density at radius 1 is 0.846 bits per heavy atom. The SMILES string of the molecule is Cc1nc2cnccc2n1CC1CCN(C(=O)C=C(c2ccccc2)c2ccc(/N=N\c3ccc(O)c(C(O)C(=O)c4ccccc4)c3)cc2)CC1. The van der Waals surface area contributed by atoms with Crippen LogP contribution in [0, 0.1) is 12.8 Å². The number of carbonyl (C=O) groups is 2. The minimum Gasteiger partial charge on any atom is -0.508 e. The molecule has 1 aliphatic heterocycles. The molecule has 1 saturated heterocycles. The first kappa shape index (κ1) is 34.2. The molecule has 10 heteroatoms. The van der Waals surface area contributed by atoms with E-state index in [1.807, 2.05) is 72.5 Å². The number of aryl methyl sites for hydroxylation is 1. The number of phenolic OH excluding ortho intramolecular Hbond substituents is 1. The quantitative estimate of drug-likeness (QED) is 0.0847. The first-order chi connectivity index (χ1) is 25.3. The number of hydrogen-bond acceptors (Lipinski definition) is 8. The maximum absolute atomic E-state index is 13.7. The number of azo groups is 1. The first-order valence-electron chi connectivity index (χ1n) is 17.3. The van der Waals surface area contributed by atoms with E-state index in [0.29, 0.717) is 35.9 Å². The fourth-order valence-electron chi connectivity index (χ4n) is 6.64. The zero-order chi connectivity index (χ0) is 36.0. The van der Waals surface area contributed by atoms with Gasteiger partial charge in [-0.15, -0.1) is 0 Å². The summed E-state index contributed by atoms with van der Waals surface area (Å²) in [5.74, 6) is 0.662. The average molecular weight is 691 g/mol. The van der Waals surface area contributed by atoms with E-state index in [2.05, 4.69) is 24.8 Å². The van der Waals surface area contributed by atoms with Crippen molar-refractivity contribution in [1.29, 1.82) is 0 Å². The lowest BCUT2D eigenvalue weighted by molar-refractivity contribution is -0.127. The molecule has 4 aromatic carbocycles. The van der Waals surface area contributed by atoms with Crippen molar-refractivity contribution in [1.82, 2.24) is 19.4 Å². The Morgan fingerprint density at radius 2 is 1.48 bits per heavy atom. The third kappa shape index (κ3) is 7.57. The number of Topliss-reactive ketones (excluding diaryl/α,β-unsaturated/α-hetero) is 1. The highest BCUT2D eigenvalue weighted by molar-refractivity contribution is 6.00. The smallest absolute Gasteiger partial charge is 0.247 e. The molecule has 3 heterocycles. The Balaban J connectivity index is 1.04. The second kappa shape index (κ2) is 15.3. The summed E-state index contributed by atoms with van der Waals surface area (Å²) in [5, 5.41) is 29.8. The number of rotatable bonds is 10. The third-order valence-electron chi connectivity index (χ3n) is 9.53. The summed E-state index contributed by atoms with van der Waals surface area (Å²) in [4.78, 5) is 37.3. The van der Waals surface area contributed by atoms with Crippen LogP contribution < -0.4 is 0 Å². The molecule has 7 rings (SSSR count). The van der Waals surface area contributed by atoms with Gasteiger partial charge in [0.25, 0.3) is 0 Å². The highest BCUT2D eigenvalue weighted by Crippen LogP contribution is 2.32. The van der Waals surface area contributed by atoms with E-state index >= 15 is 0 Å². The minimum atomic E-state index is -1.56. The monoisotopic (exact) mass is 690 g/mol. The average Bonchev–Trinajstić information content (AvgIpc) is 3.51. The van der Waals surface area contributed by atoms with E-state index in [0.717, 1.165) is 52.9 Å². The summed E-state index contributed by atoms with van der Waals surface area (Å²) >= 11 is 0. The van der Waals surface area contributed by atoms with Gasteiger partial charge in [0.15, 0.2) is 5.78 Å². The number of ketones is 1. The zero-order valence-corrected chi connectivity index (χ0v) is 28.7. The molecule has 0 spiro atoms. The lowest BCUT2D eigenvalue weighted by atomic mass is 9.95. The van der Waals surface area contributed by atoms with Crippen LogP contribution >= 0.6 is 0 Å². The molecule has 6 aromatic rings. The van der Waals surface area contributed by atoms with Crippen LogP contribution in [0.5, 0.6) is 5.75 Å². The fourth-order valence-corrected chi connectivity index (χ4v) is 6.64. The molecule has 1 aliphatic rings. The Hall–Kier alpha value is -6.26. The predicted octanol–water partition coefficient (Wildman–Crippen LogP) is 8.15. The Kier molecular flexibility index (Phi) is 10.1. The number of imidazole rings is 1. The van der Waals surface area contributed by atoms with Crippen LogP contribution in [0.25, 0.3) is 16.6 Å². The number of aromatic hydroxyl groups is 1. The fraction of sp³-hybridized carbons (Fsp3) is 0.190. The van der Waals surface area contributed by atoms with E-state index in [9.17, 15) is 19.8 Å². The second-order valence-corrected chi connectivity index (χ2v) is 12.9. The van der Waals surface area contributed by atoms with Crippen molar-refractivity contribution in [3.8, 4) is 5.75 Å². The van der Waals surface area contributed by atoms with Gasteiger partial charge >= 0.3 is 0 Å². The number of carbonyl (C=O) groups excluding carboxylic acids is 2. The highest BCUT2D eigenvalue weighted by atomic mass is 16.3. The number of nitrogens with zero attached hydrogens (tertiary/aromatic N) is 6. The van der Waals surface area contributed by atoms with Crippen molar-refractivity contribution in [2.75, 3.05) is 13.1 Å². The summed E-state index contributed by atoms with van der Waals surface area (Å²) in [7, 11) is 0. The number of aliphatic hydroxyl groups excluding tert-OH is 1. The Labute approximate surface area is 301 Å². The summed E-state index contributed by atoms with van der Waals surface area (Å²) in [5.41, 5.74) is 5.91. The van der Waals surface area contributed by atoms with Gasteiger partial charge in [0, 0.05) is 43.0 Å². The molecule has 10 nitrogen and oxygen atoms in total. The maximum atomic E-state index is 13.7. The number of aromatic nitrogens is 3. The number of piperidine rings is 1. The van der Waals surface area contributed by atoms with Crippen LogP contribution in [0.1, 0.15) is 51.8 Å². The molecule has 0 bridgehead atoms. The molecule has 0 radical (unpaired) electrons. The van der Waals surface area contributed by atoms with Crippen molar-refractivity contribution in [3.63, 3.8) is 0 Å². The predicted molar refractivity (Wildman–Crippen MR) is 200 cm³/mol. The molecule has 2 N–H and O–H groups in total. The maximum Gasteiger partial charge on any atom is 0.247 e. The van der Waals surface area contributed by atoms with Crippen LogP contribution in [0.4, 0.5) is 11.4 Å². The highest BCUT2D eigenvalue weighted by Gasteiger charge is 2.25. The number of benzene rings is 4. The van der Waals surface area contributed by atoms with Gasteiger partial charge in [0.1, 0.15) is 23.2 Å². The van der Waals surface area contributed by atoms with Gasteiger partial charge in [-0.2, -0.15) is 10.2 Å². The van der Waals surface area contributed by atoms with Gasteiger partial charge in [0.2, 0.25) is 5.91 Å². The van der Waals surface area contributed by atoms with Crippen molar-refractivity contribution < 1.29 is 19.8 Å². The van der Waals surface area contributed by atoms with E-state index in [1.165, 1.54) is 12.1 Å². The van der Waals surface area contributed by atoms with Gasteiger partial charge in [0.05, 0.1) is 23.1 Å². The lowest BCUT2D eigenvalue weighted by Crippen LogP contribution is -2.38. The number of hydrogen-bond donors (Lipinski definition) is 2. The Bertz CT molecular complexity index is 2260. The largest absolute Gasteiger partial charge is 0.508 e. The van der Waals surface area contributed by atoms with Crippen LogP contribution in [0.2, 0.25) is 0 Å². The molecule has 0 aliphatic carbocycles. The van der Waals surface area contributed by atoms with E-state index < -0.39 is 11.9 Å². The molecule has 1 unspecified atom stereocenters. The number of fused-ring (bicyclic) bond motifs is 1. The van der Waals surface area contributed by atoms with Gasteiger partial charge < -0.3 is 19.7 Å². The molecule has 2 aromatic heterocycles. The standard InChI is InChI=1S/C42H38N6O4/c1-28-44-37-26-43-21-18-38(37)48(28)27-29-19-22-47(23-20-29)40(50)25-35(30-8-4-2-5-9-30)31-12-14-33(15-13-31)45-46-34-16-17-39(49)36(24-34)42(52)41(51)32-10-6-3-7-11-32/h2-18,21,24-26,29,42,49,52H,19-20,22-23,27H2,1H3/b35-25?,46-45-. The summed E-state index contributed by atoms with van der Waals surface area (Å²) in [6.07, 6.45) is 5.59. The minimum absolute atomic E-state index is 0.0209. The third-order valence-corrected chi connectivity index (χ3v) is 9.53. The van der Waals surface area contributed by atoms with Crippen molar-refractivity contribution >= 4 is 39.7 Å². The molecular formula is C42H38N6O4. The van der Waals surface area contributed by atoms with Gasteiger partial charge in [-0.05, 0) is 78.8 Å². The molecule has 260 valence electrons. The molecule has 1 amide bonds. The van der Waals surface area contributed by atoms with Crippen molar-refractivity contribution in [2.24, 2.45) is 16.1 Å². The van der Waals surface area contributed by atoms with Crippen LogP contribution in [-0.2, 0) is 11.3 Å². The zero-order valence-electron chi connectivity index (χ0n) is 28.7. The molecule has 0 saturated carbocycles. The van der Waals surface area contributed by atoms with Crippen LogP contribution in [0.3, 0.4) is 0 Å². The lowest BCUT2D eigenvalue weighted by Gasteiger charge is -2.32. The molecule has 1 fully saturated rings. The normalized spacial score (nSPS) is 14.6. The number of aliphatic hydroxyl groups is 1. The van der Waals surface area contributed by atoms with Gasteiger partial charge in [-0.1, -0.05) is 72.8 Å². The molecule has 1 atom stereocenters. The van der Waals surface area contributed by atoms with Gasteiger partial charge in [-0.3, -0.25) is 14.6 Å². The number of phenols is 1. The van der Waals surface area contributed by atoms with Gasteiger partial charge in [-0.25, -0.2) is 4.98 Å². The topological polar surface area (TPSA) is 133 Å². The first-order valence-corrected chi connectivity index (χ1v) is 17.3. The second-order valence-electron chi connectivity index (χ2n) is 12.9. The number of pyridine rings is 1. The van der Waals surface area contributed by atoms with E-state index in [-0.39, 0.29) is 17.2 Å². The van der Waals surface area contributed by atoms with Crippen molar-refractivity contribution in [2.45, 2.75) is 32.4 Å².